The average Bonchev–Trinajstić information content (AvgIpc) is 2.86. The Morgan fingerprint density at radius 3 is 2.52 bits per heavy atom. The molecule has 1 amide bonds. The van der Waals surface area contributed by atoms with Gasteiger partial charge in [-0.3, -0.25) is 4.79 Å². The van der Waals surface area contributed by atoms with E-state index in [0.717, 1.165) is 23.1 Å². The zero-order valence-corrected chi connectivity index (χ0v) is 13.9. The molecule has 1 aromatic heterocycles. The van der Waals surface area contributed by atoms with Gasteiger partial charge in [0.15, 0.2) is 11.6 Å². The molecule has 0 saturated carbocycles. The number of hydrogen-bond acceptors (Lipinski definition) is 2. The van der Waals surface area contributed by atoms with Gasteiger partial charge < -0.3 is 9.88 Å². The van der Waals surface area contributed by atoms with Crippen molar-refractivity contribution >= 4 is 16.8 Å². The van der Waals surface area contributed by atoms with Crippen molar-refractivity contribution in [3.8, 4) is 17.2 Å². The molecule has 0 fully saturated rings. The second kappa shape index (κ2) is 6.02. The molecule has 1 N–H and O–H groups in total. The van der Waals surface area contributed by atoms with Gasteiger partial charge in [0, 0.05) is 25.0 Å². The largest absolute Gasteiger partial charge is 0.354 e. The highest BCUT2D eigenvalue weighted by atomic mass is 19.2. The Kier molecular flexibility index (Phi) is 4.01. The lowest BCUT2D eigenvalue weighted by Crippen LogP contribution is -2.21. The van der Waals surface area contributed by atoms with E-state index in [1.807, 2.05) is 0 Å². The minimum atomic E-state index is -0.967. The number of carbonyl (C=O) groups excluding carboxylic acids is 1. The smallest absolute Gasteiger partial charge is 0.267 e. The highest BCUT2D eigenvalue weighted by molar-refractivity contribution is 6.06. The predicted octanol–water partition coefficient (Wildman–Crippen LogP) is 3.66. The molecule has 25 heavy (non-hydrogen) atoms. The van der Waals surface area contributed by atoms with Crippen LogP contribution in [0.25, 0.3) is 22.0 Å². The van der Waals surface area contributed by atoms with Crippen molar-refractivity contribution in [1.82, 2.24) is 9.88 Å². The molecule has 0 bridgehead atoms. The lowest BCUT2D eigenvalue weighted by Gasteiger charge is -2.09. The molecule has 3 rings (SSSR count). The number of aryl methyl sites for hydroxylation is 2. The summed E-state index contributed by atoms with van der Waals surface area (Å²) >= 11 is 0. The van der Waals surface area contributed by atoms with Crippen LogP contribution in [0.5, 0.6) is 0 Å². The van der Waals surface area contributed by atoms with Crippen molar-refractivity contribution in [2.75, 3.05) is 7.05 Å². The van der Waals surface area contributed by atoms with Crippen molar-refractivity contribution < 1.29 is 13.6 Å². The maximum atomic E-state index is 13.7. The second-order valence-corrected chi connectivity index (χ2v) is 5.77. The van der Waals surface area contributed by atoms with Gasteiger partial charge in [0.25, 0.3) is 5.91 Å². The van der Waals surface area contributed by atoms with Crippen LogP contribution in [0.3, 0.4) is 0 Å². The fourth-order valence-electron chi connectivity index (χ4n) is 3.16. The molecule has 0 radical (unpaired) electrons. The van der Waals surface area contributed by atoms with Crippen LogP contribution in [0.2, 0.25) is 0 Å². The number of fused-ring (bicyclic) bond motifs is 1. The van der Waals surface area contributed by atoms with Crippen LogP contribution >= 0.6 is 0 Å². The van der Waals surface area contributed by atoms with Gasteiger partial charge in [-0.2, -0.15) is 5.26 Å². The van der Waals surface area contributed by atoms with E-state index in [9.17, 15) is 18.8 Å². The molecule has 0 atom stereocenters. The molecule has 0 spiro atoms. The van der Waals surface area contributed by atoms with Crippen LogP contribution in [0, 0.1) is 29.9 Å². The molecule has 6 heteroatoms. The first kappa shape index (κ1) is 16.7. The second-order valence-electron chi connectivity index (χ2n) is 5.77. The van der Waals surface area contributed by atoms with Crippen LogP contribution in [0.15, 0.2) is 30.3 Å². The third-order valence-electron chi connectivity index (χ3n) is 4.34. The fraction of sp³-hybridized carbons (Fsp3) is 0.158. The Morgan fingerprint density at radius 2 is 1.92 bits per heavy atom. The molecule has 3 aromatic rings. The molecular weight excluding hydrogens is 324 g/mol. The van der Waals surface area contributed by atoms with Gasteiger partial charge in [-0.15, -0.1) is 0 Å². The summed E-state index contributed by atoms with van der Waals surface area (Å²) in [4.78, 5) is 12.2. The van der Waals surface area contributed by atoms with Crippen molar-refractivity contribution in [3.63, 3.8) is 0 Å². The summed E-state index contributed by atoms with van der Waals surface area (Å²) in [5.41, 5.74) is 3.23. The van der Waals surface area contributed by atoms with Gasteiger partial charge in [-0.1, -0.05) is 6.07 Å². The lowest BCUT2D eigenvalue weighted by atomic mass is 9.98. The summed E-state index contributed by atoms with van der Waals surface area (Å²) in [6, 6.07) is 8.98. The summed E-state index contributed by atoms with van der Waals surface area (Å²) < 4.78 is 28.7. The molecule has 0 unspecified atom stereocenters. The first-order valence-electron chi connectivity index (χ1n) is 7.59. The van der Waals surface area contributed by atoms with Crippen molar-refractivity contribution in [2.24, 2.45) is 7.05 Å². The first-order valence-corrected chi connectivity index (χ1v) is 7.59. The van der Waals surface area contributed by atoms with Crippen LogP contribution in [0.1, 0.15) is 21.6 Å². The highest BCUT2D eigenvalue weighted by Gasteiger charge is 2.21. The normalized spacial score (nSPS) is 10.7. The Labute approximate surface area is 143 Å². The van der Waals surface area contributed by atoms with Gasteiger partial charge in [0.05, 0.1) is 17.1 Å². The predicted molar refractivity (Wildman–Crippen MR) is 91.1 cm³/mol. The number of halogens is 2. The number of amides is 1. The molecule has 0 aliphatic heterocycles. The van der Waals surface area contributed by atoms with Crippen molar-refractivity contribution in [2.45, 2.75) is 6.92 Å². The van der Waals surface area contributed by atoms with Crippen LogP contribution in [-0.2, 0) is 7.05 Å². The highest BCUT2D eigenvalue weighted by Crippen LogP contribution is 2.35. The Balaban J connectivity index is 2.44. The summed E-state index contributed by atoms with van der Waals surface area (Å²) in [5, 5.41) is 12.6. The fourth-order valence-corrected chi connectivity index (χ4v) is 3.16. The minimum Gasteiger partial charge on any atom is -0.354 e. The van der Waals surface area contributed by atoms with Gasteiger partial charge in [-0.05, 0) is 42.3 Å². The van der Waals surface area contributed by atoms with Crippen LogP contribution < -0.4 is 5.32 Å². The number of nitrogens with one attached hydrogen (secondary N) is 1. The Morgan fingerprint density at radius 1 is 1.20 bits per heavy atom. The Bertz CT molecular complexity index is 1060. The van der Waals surface area contributed by atoms with Crippen LogP contribution in [0.4, 0.5) is 8.78 Å². The number of benzene rings is 2. The molecule has 0 aliphatic carbocycles. The summed E-state index contributed by atoms with van der Waals surface area (Å²) in [5.74, 6) is -2.16. The molecule has 2 aromatic carbocycles. The van der Waals surface area contributed by atoms with Crippen molar-refractivity contribution in [3.05, 3.63) is 58.8 Å². The van der Waals surface area contributed by atoms with Gasteiger partial charge >= 0.3 is 0 Å². The van der Waals surface area contributed by atoms with E-state index in [2.05, 4.69) is 11.4 Å². The van der Waals surface area contributed by atoms with E-state index in [-0.39, 0.29) is 5.91 Å². The SMILES string of the molecule is CNC(=O)c1c(C)c2cc(C#N)cc(-c3ccc(F)c(F)c3)c2n1C. The molecule has 0 saturated heterocycles. The van der Waals surface area contributed by atoms with E-state index < -0.39 is 11.6 Å². The van der Waals surface area contributed by atoms with E-state index >= 15 is 0 Å². The zero-order valence-electron chi connectivity index (χ0n) is 13.9. The zero-order chi connectivity index (χ0) is 18.3. The van der Waals surface area contributed by atoms with E-state index in [1.54, 1.807) is 30.7 Å². The van der Waals surface area contributed by atoms with E-state index in [1.165, 1.54) is 13.1 Å². The number of nitriles is 1. The third kappa shape index (κ3) is 2.54. The molecular formula is C19H15F2N3O. The van der Waals surface area contributed by atoms with Crippen molar-refractivity contribution in [1.29, 1.82) is 5.26 Å². The van der Waals surface area contributed by atoms with Gasteiger partial charge in [0.2, 0.25) is 0 Å². The number of nitrogens with zero attached hydrogens (tertiary/aromatic N) is 2. The summed E-state index contributed by atoms with van der Waals surface area (Å²) in [6.45, 7) is 1.79. The number of rotatable bonds is 2. The number of carbonyl (C=O) groups is 1. The molecule has 4 nitrogen and oxygen atoms in total. The van der Waals surface area contributed by atoms with Gasteiger partial charge in [-0.25, -0.2) is 8.78 Å². The maximum absolute atomic E-state index is 13.7. The maximum Gasteiger partial charge on any atom is 0.267 e. The van der Waals surface area contributed by atoms with E-state index in [4.69, 9.17) is 0 Å². The summed E-state index contributed by atoms with van der Waals surface area (Å²) in [7, 11) is 3.27. The van der Waals surface area contributed by atoms with Gasteiger partial charge in [0.1, 0.15) is 5.69 Å². The monoisotopic (exact) mass is 339 g/mol. The topological polar surface area (TPSA) is 57.8 Å². The first-order chi connectivity index (χ1) is 11.9. The third-order valence-corrected chi connectivity index (χ3v) is 4.34. The lowest BCUT2D eigenvalue weighted by molar-refractivity contribution is 0.0955. The average molecular weight is 339 g/mol. The molecule has 126 valence electrons. The number of hydrogen-bond donors (Lipinski definition) is 1. The minimum absolute atomic E-state index is 0.258. The molecule has 0 aliphatic rings. The van der Waals surface area contributed by atoms with E-state index in [0.29, 0.717) is 27.9 Å². The molecule has 1 heterocycles. The Hall–Kier alpha value is -3.20. The van der Waals surface area contributed by atoms with Crippen LogP contribution in [-0.4, -0.2) is 17.5 Å². The quantitative estimate of drug-likeness (QED) is 0.774. The number of aromatic nitrogens is 1. The standard InChI is InChI=1S/C19H15F2N3O/c1-10-13-6-11(9-22)7-14(12-4-5-15(20)16(21)8-12)18(13)24(3)17(10)19(25)23-2/h4-8H,1-3H3,(H,23,25). The summed E-state index contributed by atoms with van der Waals surface area (Å²) in [6.07, 6.45) is 0.